The van der Waals surface area contributed by atoms with Crippen LogP contribution >= 0.6 is 11.3 Å². The van der Waals surface area contributed by atoms with Crippen LogP contribution in [0.15, 0.2) is 23.6 Å². The van der Waals surface area contributed by atoms with Crippen LogP contribution in [0.25, 0.3) is 0 Å². The van der Waals surface area contributed by atoms with E-state index in [2.05, 4.69) is 42.1 Å². The molecule has 1 amide bonds. The largest absolute Gasteiger partial charge is 0.483 e. The Morgan fingerprint density at radius 3 is 2.79 bits per heavy atom. The number of thiazole rings is 1. The molecule has 1 fully saturated rings. The van der Waals surface area contributed by atoms with E-state index < -0.39 is 0 Å². The van der Waals surface area contributed by atoms with Gasteiger partial charge in [-0.1, -0.05) is 19.1 Å². The van der Waals surface area contributed by atoms with E-state index in [4.69, 9.17) is 9.47 Å². The summed E-state index contributed by atoms with van der Waals surface area (Å²) in [5.74, 6) is 1.47. The van der Waals surface area contributed by atoms with Gasteiger partial charge in [0.15, 0.2) is 18.1 Å². The number of carbonyl (C=O) groups is 1. The summed E-state index contributed by atoms with van der Waals surface area (Å²) in [6.45, 7) is 10.3. The maximum atomic E-state index is 12.6. The van der Waals surface area contributed by atoms with Gasteiger partial charge in [-0.3, -0.25) is 9.69 Å². The zero-order valence-electron chi connectivity index (χ0n) is 17.4. The van der Waals surface area contributed by atoms with E-state index >= 15 is 0 Å². The highest BCUT2D eigenvalue weighted by atomic mass is 32.1. The molecule has 1 saturated heterocycles. The predicted molar refractivity (Wildman–Crippen MR) is 114 cm³/mol. The maximum absolute atomic E-state index is 12.6. The standard InChI is InChI=1S/C22H29N3O3S/c1-4-19-23-17(15-29-19)13-24-8-10-25(11-9-24)20(26)14-27-18-7-5-6-16-12-22(2,3)28-21(16)18/h5-7,15H,4,8-14H2,1-3H3. The Morgan fingerprint density at radius 2 is 2.07 bits per heavy atom. The first-order valence-electron chi connectivity index (χ1n) is 10.3. The Hall–Kier alpha value is -2.12. The van der Waals surface area contributed by atoms with Crippen molar-refractivity contribution in [1.29, 1.82) is 0 Å². The molecule has 2 aliphatic heterocycles. The second-order valence-corrected chi connectivity index (χ2v) is 9.26. The number of fused-ring (bicyclic) bond motifs is 1. The minimum Gasteiger partial charge on any atom is -0.483 e. The first-order chi connectivity index (χ1) is 13.9. The van der Waals surface area contributed by atoms with Crippen LogP contribution in [0.5, 0.6) is 11.5 Å². The minimum absolute atomic E-state index is 0.0291. The zero-order chi connectivity index (χ0) is 20.4. The smallest absolute Gasteiger partial charge is 0.260 e. The Kier molecular flexibility index (Phi) is 5.79. The molecular weight excluding hydrogens is 386 g/mol. The maximum Gasteiger partial charge on any atom is 0.260 e. The molecule has 29 heavy (non-hydrogen) atoms. The summed E-state index contributed by atoms with van der Waals surface area (Å²) in [4.78, 5) is 21.5. The fourth-order valence-corrected chi connectivity index (χ4v) is 4.64. The fourth-order valence-electron chi connectivity index (χ4n) is 3.90. The summed E-state index contributed by atoms with van der Waals surface area (Å²) in [6, 6.07) is 5.90. The van der Waals surface area contributed by atoms with Crippen LogP contribution in [0, 0.1) is 0 Å². The van der Waals surface area contributed by atoms with Crippen molar-refractivity contribution in [3.05, 3.63) is 39.8 Å². The summed E-state index contributed by atoms with van der Waals surface area (Å²) in [5, 5.41) is 3.33. The van der Waals surface area contributed by atoms with E-state index in [-0.39, 0.29) is 18.1 Å². The highest BCUT2D eigenvalue weighted by Gasteiger charge is 2.32. The average molecular weight is 416 g/mol. The van der Waals surface area contributed by atoms with Gasteiger partial charge >= 0.3 is 0 Å². The number of hydrogen-bond donors (Lipinski definition) is 0. The van der Waals surface area contributed by atoms with Crippen molar-refractivity contribution in [1.82, 2.24) is 14.8 Å². The van der Waals surface area contributed by atoms with Gasteiger partial charge in [0.25, 0.3) is 5.91 Å². The molecule has 2 aliphatic rings. The number of ether oxygens (including phenoxy) is 2. The number of amides is 1. The summed E-state index contributed by atoms with van der Waals surface area (Å²) in [7, 11) is 0. The first-order valence-corrected chi connectivity index (χ1v) is 11.2. The van der Waals surface area contributed by atoms with Crippen LogP contribution in [-0.4, -0.2) is 59.1 Å². The van der Waals surface area contributed by atoms with Crippen LogP contribution in [-0.2, 0) is 24.2 Å². The van der Waals surface area contributed by atoms with Gasteiger partial charge < -0.3 is 14.4 Å². The molecule has 7 heteroatoms. The van der Waals surface area contributed by atoms with Crippen LogP contribution in [0.1, 0.15) is 37.0 Å². The monoisotopic (exact) mass is 415 g/mol. The van der Waals surface area contributed by atoms with E-state index in [1.165, 1.54) is 5.01 Å². The topological polar surface area (TPSA) is 54.9 Å². The quantitative estimate of drug-likeness (QED) is 0.726. The van der Waals surface area contributed by atoms with Gasteiger partial charge in [0.2, 0.25) is 0 Å². The van der Waals surface area contributed by atoms with Gasteiger partial charge in [-0.25, -0.2) is 4.98 Å². The van der Waals surface area contributed by atoms with Crippen molar-refractivity contribution in [3.63, 3.8) is 0 Å². The lowest BCUT2D eigenvalue weighted by Crippen LogP contribution is -2.49. The van der Waals surface area contributed by atoms with Gasteiger partial charge in [-0.15, -0.1) is 11.3 Å². The number of nitrogens with zero attached hydrogens (tertiary/aromatic N) is 3. The molecule has 0 aliphatic carbocycles. The first kappa shape index (κ1) is 20.2. The predicted octanol–water partition coefficient (Wildman–Crippen LogP) is 3.14. The second kappa shape index (κ2) is 8.32. The normalized spacial score (nSPS) is 18.4. The molecule has 1 aromatic heterocycles. The zero-order valence-corrected chi connectivity index (χ0v) is 18.3. The van der Waals surface area contributed by atoms with E-state index in [0.29, 0.717) is 5.75 Å². The summed E-state index contributed by atoms with van der Waals surface area (Å²) in [5.41, 5.74) is 2.05. The van der Waals surface area contributed by atoms with Crippen molar-refractivity contribution in [2.75, 3.05) is 32.8 Å². The van der Waals surface area contributed by atoms with Crippen molar-refractivity contribution < 1.29 is 14.3 Å². The molecular formula is C22H29N3O3S. The SMILES string of the molecule is CCc1nc(CN2CCN(C(=O)COc3cccc4c3OC(C)(C)C4)CC2)cs1. The summed E-state index contributed by atoms with van der Waals surface area (Å²) < 4.78 is 11.9. The van der Waals surface area contributed by atoms with Gasteiger partial charge in [0.1, 0.15) is 5.60 Å². The molecule has 0 atom stereocenters. The minimum atomic E-state index is -0.225. The summed E-state index contributed by atoms with van der Waals surface area (Å²) in [6.07, 6.45) is 1.84. The molecule has 3 heterocycles. The molecule has 0 saturated carbocycles. The number of piperazine rings is 1. The highest BCUT2D eigenvalue weighted by Crippen LogP contribution is 2.41. The molecule has 156 valence electrons. The molecule has 0 spiro atoms. The van der Waals surface area contributed by atoms with Crippen molar-refractivity contribution in [2.45, 2.75) is 45.8 Å². The lowest BCUT2D eigenvalue weighted by molar-refractivity contribution is -0.135. The molecule has 0 N–H and O–H groups in total. The second-order valence-electron chi connectivity index (χ2n) is 8.31. The average Bonchev–Trinajstić information content (AvgIpc) is 3.28. The fraction of sp³-hybridized carbons (Fsp3) is 0.545. The third-order valence-corrected chi connectivity index (χ3v) is 6.46. The molecule has 4 rings (SSSR count). The number of aromatic nitrogens is 1. The Morgan fingerprint density at radius 1 is 1.28 bits per heavy atom. The Labute approximate surface area is 176 Å². The van der Waals surface area contributed by atoms with E-state index in [9.17, 15) is 4.79 Å². The molecule has 0 radical (unpaired) electrons. The Bertz CT molecular complexity index is 872. The highest BCUT2D eigenvalue weighted by molar-refractivity contribution is 7.09. The van der Waals surface area contributed by atoms with Crippen molar-refractivity contribution in [2.24, 2.45) is 0 Å². The summed E-state index contributed by atoms with van der Waals surface area (Å²) >= 11 is 1.73. The number of aryl methyl sites for hydroxylation is 1. The van der Waals surface area contributed by atoms with Gasteiger partial charge in [-0.2, -0.15) is 0 Å². The van der Waals surface area contributed by atoms with Crippen molar-refractivity contribution in [3.8, 4) is 11.5 Å². The number of carbonyl (C=O) groups excluding carboxylic acids is 1. The third-order valence-electron chi connectivity index (χ3n) is 5.42. The molecule has 0 bridgehead atoms. The van der Waals surface area contributed by atoms with E-state index in [1.54, 1.807) is 11.3 Å². The van der Waals surface area contributed by atoms with Crippen LogP contribution < -0.4 is 9.47 Å². The number of benzene rings is 1. The molecule has 2 aromatic rings. The molecule has 6 nitrogen and oxygen atoms in total. The van der Waals surface area contributed by atoms with Crippen LogP contribution in [0.3, 0.4) is 0 Å². The van der Waals surface area contributed by atoms with Crippen LogP contribution in [0.4, 0.5) is 0 Å². The van der Waals surface area contributed by atoms with E-state index in [0.717, 1.165) is 62.6 Å². The molecule has 1 aromatic carbocycles. The number of hydrogen-bond acceptors (Lipinski definition) is 6. The van der Waals surface area contributed by atoms with E-state index in [1.807, 2.05) is 17.0 Å². The lowest BCUT2D eigenvalue weighted by atomic mass is 10.0. The van der Waals surface area contributed by atoms with Gasteiger partial charge in [0.05, 0.1) is 10.7 Å². The number of para-hydroxylation sites is 1. The van der Waals surface area contributed by atoms with Crippen molar-refractivity contribution >= 4 is 17.2 Å². The van der Waals surface area contributed by atoms with Crippen LogP contribution in [0.2, 0.25) is 0 Å². The third kappa shape index (κ3) is 4.73. The molecule has 0 unspecified atom stereocenters. The lowest BCUT2D eigenvalue weighted by Gasteiger charge is -2.34. The Balaban J connectivity index is 1.26. The number of rotatable bonds is 6. The van der Waals surface area contributed by atoms with Gasteiger partial charge in [-0.05, 0) is 26.3 Å². The van der Waals surface area contributed by atoms with Gasteiger partial charge in [0, 0.05) is 50.1 Å².